The van der Waals surface area contributed by atoms with Crippen LogP contribution in [-0.2, 0) is 4.74 Å². The van der Waals surface area contributed by atoms with Crippen molar-refractivity contribution >= 4 is 33.4 Å². The van der Waals surface area contributed by atoms with Gasteiger partial charge in [-0.25, -0.2) is 4.79 Å². The zero-order chi connectivity index (χ0) is 15.9. The first kappa shape index (κ1) is 16.0. The second-order valence-electron chi connectivity index (χ2n) is 4.38. The first-order chi connectivity index (χ1) is 10.7. The Balaban J connectivity index is 2.44. The van der Waals surface area contributed by atoms with Crippen molar-refractivity contribution < 1.29 is 9.53 Å². The van der Waals surface area contributed by atoms with Crippen LogP contribution in [0.5, 0.6) is 0 Å². The summed E-state index contributed by atoms with van der Waals surface area (Å²) >= 11 is 3.42. The number of carbonyl (C=O) groups is 1. The van der Waals surface area contributed by atoms with Gasteiger partial charge in [-0.05, 0) is 25.1 Å². The molecule has 0 aliphatic rings. The van der Waals surface area contributed by atoms with Gasteiger partial charge < -0.3 is 10.6 Å². The molecule has 2 aromatic carbocycles. The van der Waals surface area contributed by atoms with Gasteiger partial charge in [0.25, 0.3) is 0 Å². The normalized spacial score (nSPS) is 11.1. The number of hydrogen-bond donors (Lipinski definition) is 2. The molecule has 0 fully saturated rings. The second-order valence-corrected chi connectivity index (χ2v) is 5.29. The predicted octanol–water partition coefficient (Wildman–Crippen LogP) is 3.73. The van der Waals surface area contributed by atoms with Crippen molar-refractivity contribution in [2.45, 2.75) is 6.92 Å². The van der Waals surface area contributed by atoms with Crippen LogP contribution in [0.2, 0.25) is 0 Å². The van der Waals surface area contributed by atoms with E-state index in [0.29, 0.717) is 23.6 Å². The van der Waals surface area contributed by atoms with Gasteiger partial charge in [0.1, 0.15) is 0 Å². The number of nitrogens with zero attached hydrogens (tertiary/aromatic N) is 1. The maximum atomic E-state index is 11.7. The van der Waals surface area contributed by atoms with Crippen LogP contribution in [0.25, 0.3) is 0 Å². The van der Waals surface area contributed by atoms with Crippen LogP contribution < -0.4 is 11.2 Å². The molecule has 3 N–H and O–H groups in total. The van der Waals surface area contributed by atoms with Crippen molar-refractivity contribution in [2.75, 3.05) is 11.9 Å². The fourth-order valence-corrected chi connectivity index (χ4v) is 2.36. The minimum Gasteiger partial charge on any atom is -0.450 e. The van der Waals surface area contributed by atoms with Crippen molar-refractivity contribution in [1.82, 2.24) is 0 Å². The molecule has 0 spiro atoms. The van der Waals surface area contributed by atoms with E-state index in [1.807, 2.05) is 42.5 Å². The average Bonchev–Trinajstić information content (AvgIpc) is 2.52. The summed E-state index contributed by atoms with van der Waals surface area (Å²) < 4.78 is 5.77. The van der Waals surface area contributed by atoms with Gasteiger partial charge in [0.15, 0.2) is 0 Å². The van der Waals surface area contributed by atoms with Crippen LogP contribution in [0.3, 0.4) is 0 Å². The Morgan fingerprint density at radius 1 is 1.27 bits per heavy atom. The van der Waals surface area contributed by atoms with Gasteiger partial charge in [0, 0.05) is 15.6 Å². The van der Waals surface area contributed by atoms with Crippen molar-refractivity contribution in [3.05, 3.63) is 64.1 Å². The smallest absolute Gasteiger partial charge is 0.411 e. The Kier molecular flexibility index (Phi) is 5.55. The number of ether oxygens (including phenoxy) is 1. The third-order valence-corrected chi connectivity index (χ3v) is 3.42. The van der Waals surface area contributed by atoms with E-state index >= 15 is 0 Å². The van der Waals surface area contributed by atoms with Crippen LogP contribution >= 0.6 is 15.9 Å². The van der Waals surface area contributed by atoms with E-state index in [1.165, 1.54) is 0 Å². The predicted molar refractivity (Wildman–Crippen MR) is 91.1 cm³/mol. The van der Waals surface area contributed by atoms with Crippen LogP contribution in [0.15, 0.2) is 58.1 Å². The van der Waals surface area contributed by atoms with Crippen LogP contribution in [-0.4, -0.2) is 18.4 Å². The van der Waals surface area contributed by atoms with Gasteiger partial charge in [-0.2, -0.15) is 5.10 Å². The maximum Gasteiger partial charge on any atom is 0.411 e. The number of rotatable bonds is 4. The van der Waals surface area contributed by atoms with Gasteiger partial charge >= 0.3 is 6.09 Å². The van der Waals surface area contributed by atoms with E-state index in [2.05, 4.69) is 26.3 Å². The van der Waals surface area contributed by atoms with Gasteiger partial charge in [-0.3, -0.25) is 5.32 Å². The first-order valence-corrected chi connectivity index (χ1v) is 7.52. The zero-order valence-electron chi connectivity index (χ0n) is 12.0. The third-order valence-electron chi connectivity index (χ3n) is 2.93. The number of hydrogen-bond acceptors (Lipinski definition) is 4. The van der Waals surface area contributed by atoms with Crippen LogP contribution in [0.1, 0.15) is 18.1 Å². The summed E-state index contributed by atoms with van der Waals surface area (Å²) in [5, 5.41) is 6.59. The molecule has 0 atom stereocenters. The molecule has 0 bridgehead atoms. The lowest BCUT2D eigenvalue weighted by molar-refractivity contribution is 0.168. The number of carbonyl (C=O) groups excluding carboxylic acids is 1. The summed E-state index contributed by atoms with van der Waals surface area (Å²) in [6.07, 6.45) is -0.518. The summed E-state index contributed by atoms with van der Waals surface area (Å²) in [7, 11) is 0. The highest BCUT2D eigenvalue weighted by Crippen LogP contribution is 2.24. The Bertz CT molecular complexity index is 687. The maximum absolute atomic E-state index is 11.7. The SMILES string of the molecule is CCOC(=O)Nc1ccc(Br)cc1/C(=N\N)c1ccccc1. The molecule has 0 aliphatic heterocycles. The highest BCUT2D eigenvalue weighted by Gasteiger charge is 2.14. The number of nitrogens with one attached hydrogen (secondary N) is 1. The monoisotopic (exact) mass is 361 g/mol. The van der Waals surface area contributed by atoms with Crippen molar-refractivity contribution in [3.8, 4) is 0 Å². The molecule has 6 heteroatoms. The summed E-state index contributed by atoms with van der Waals surface area (Å²) in [6.45, 7) is 2.05. The lowest BCUT2D eigenvalue weighted by Crippen LogP contribution is -2.17. The quantitative estimate of drug-likeness (QED) is 0.494. The lowest BCUT2D eigenvalue weighted by Gasteiger charge is -2.13. The molecule has 22 heavy (non-hydrogen) atoms. The zero-order valence-corrected chi connectivity index (χ0v) is 13.6. The van der Waals surface area contributed by atoms with Crippen molar-refractivity contribution in [3.63, 3.8) is 0 Å². The molecule has 0 unspecified atom stereocenters. The molecular formula is C16H16BrN3O2. The second kappa shape index (κ2) is 7.61. The molecule has 5 nitrogen and oxygen atoms in total. The fourth-order valence-electron chi connectivity index (χ4n) is 1.99. The largest absolute Gasteiger partial charge is 0.450 e. The molecule has 2 rings (SSSR count). The Morgan fingerprint density at radius 2 is 2.00 bits per heavy atom. The van der Waals surface area contributed by atoms with Gasteiger partial charge in [-0.15, -0.1) is 0 Å². The molecule has 0 radical (unpaired) electrons. The summed E-state index contributed by atoms with van der Waals surface area (Å²) in [5.74, 6) is 5.57. The number of halogens is 1. The van der Waals surface area contributed by atoms with Crippen molar-refractivity contribution in [2.24, 2.45) is 10.9 Å². The molecular weight excluding hydrogens is 346 g/mol. The van der Waals surface area contributed by atoms with E-state index in [4.69, 9.17) is 10.6 Å². The number of benzene rings is 2. The minimum atomic E-state index is -0.518. The topological polar surface area (TPSA) is 76.7 Å². The number of amides is 1. The van der Waals surface area contributed by atoms with Crippen LogP contribution in [0, 0.1) is 0 Å². The van der Waals surface area contributed by atoms with Crippen LogP contribution in [0.4, 0.5) is 10.5 Å². The van der Waals surface area contributed by atoms with E-state index in [0.717, 1.165) is 10.0 Å². The molecule has 0 aliphatic carbocycles. The van der Waals surface area contributed by atoms with Gasteiger partial charge in [0.2, 0.25) is 0 Å². The standard InChI is InChI=1S/C16H16BrN3O2/c1-2-22-16(21)19-14-9-8-12(17)10-13(14)15(20-18)11-6-4-3-5-7-11/h3-10H,2,18H2,1H3,(H,19,21)/b20-15-. The fraction of sp³-hybridized carbons (Fsp3) is 0.125. The Morgan fingerprint density at radius 3 is 2.64 bits per heavy atom. The summed E-state index contributed by atoms with van der Waals surface area (Å²) in [6, 6.07) is 15.0. The van der Waals surface area contributed by atoms with E-state index < -0.39 is 6.09 Å². The van der Waals surface area contributed by atoms with Gasteiger partial charge in [0.05, 0.1) is 18.0 Å². The Labute approximate surface area is 137 Å². The van der Waals surface area contributed by atoms with E-state index in [-0.39, 0.29) is 0 Å². The molecule has 0 saturated carbocycles. The number of hydrazone groups is 1. The molecule has 0 heterocycles. The lowest BCUT2D eigenvalue weighted by atomic mass is 10.0. The number of nitrogens with two attached hydrogens (primary N) is 1. The van der Waals surface area contributed by atoms with E-state index in [1.54, 1.807) is 13.0 Å². The number of anilines is 1. The molecule has 114 valence electrons. The molecule has 0 saturated heterocycles. The minimum absolute atomic E-state index is 0.300. The highest BCUT2D eigenvalue weighted by atomic mass is 79.9. The average molecular weight is 362 g/mol. The Hall–Kier alpha value is -2.34. The molecule has 2 aromatic rings. The highest BCUT2D eigenvalue weighted by molar-refractivity contribution is 9.10. The summed E-state index contributed by atoms with van der Waals surface area (Å²) in [4.78, 5) is 11.7. The van der Waals surface area contributed by atoms with Gasteiger partial charge in [-0.1, -0.05) is 46.3 Å². The first-order valence-electron chi connectivity index (χ1n) is 6.72. The van der Waals surface area contributed by atoms with E-state index in [9.17, 15) is 4.79 Å². The van der Waals surface area contributed by atoms with Crippen molar-refractivity contribution in [1.29, 1.82) is 0 Å². The molecule has 1 amide bonds. The third kappa shape index (κ3) is 3.85. The molecule has 0 aromatic heterocycles. The summed E-state index contributed by atoms with van der Waals surface area (Å²) in [5.41, 5.74) is 2.72.